The zero-order chi connectivity index (χ0) is 13.8. The first-order chi connectivity index (χ1) is 9.19. The van der Waals surface area contributed by atoms with Gasteiger partial charge in [-0.3, -0.25) is 9.36 Å². The number of aliphatic hydroxyl groups excluding tert-OH is 1. The molecule has 4 heteroatoms. The van der Waals surface area contributed by atoms with Gasteiger partial charge in [0.25, 0.3) is 5.56 Å². The molecule has 0 saturated heterocycles. The average molecular weight is 260 g/mol. The molecule has 2 aromatic rings. The van der Waals surface area contributed by atoms with Crippen molar-refractivity contribution in [3.05, 3.63) is 40.4 Å². The molecule has 4 nitrogen and oxygen atoms in total. The van der Waals surface area contributed by atoms with Crippen LogP contribution in [0.2, 0.25) is 0 Å². The Hall–Kier alpha value is -1.68. The van der Waals surface area contributed by atoms with E-state index in [0.29, 0.717) is 10.9 Å². The highest BCUT2D eigenvalue weighted by atomic mass is 16.3. The molecule has 1 atom stereocenters. The van der Waals surface area contributed by atoms with Crippen molar-refractivity contribution in [1.29, 1.82) is 0 Å². The highest BCUT2D eigenvalue weighted by Crippen LogP contribution is 2.16. The van der Waals surface area contributed by atoms with Gasteiger partial charge in [0.15, 0.2) is 0 Å². The Morgan fingerprint density at radius 1 is 1.42 bits per heavy atom. The molecular weight excluding hydrogens is 240 g/mol. The van der Waals surface area contributed by atoms with Crippen molar-refractivity contribution in [3.63, 3.8) is 0 Å². The zero-order valence-electron chi connectivity index (χ0n) is 11.5. The maximum absolute atomic E-state index is 12.5. The van der Waals surface area contributed by atoms with Gasteiger partial charge in [-0.2, -0.15) is 0 Å². The fourth-order valence-electron chi connectivity index (χ4n) is 2.36. The molecule has 0 aliphatic heterocycles. The Labute approximate surface area is 112 Å². The number of aryl methyl sites for hydroxylation is 1. The van der Waals surface area contributed by atoms with Gasteiger partial charge in [0.1, 0.15) is 0 Å². The van der Waals surface area contributed by atoms with Crippen LogP contribution in [0.25, 0.3) is 10.9 Å². The molecule has 0 bridgehead atoms. The molecular formula is C15H20N2O2. The third-order valence-electron chi connectivity index (χ3n) is 3.52. The van der Waals surface area contributed by atoms with E-state index < -0.39 is 0 Å². The largest absolute Gasteiger partial charge is 0.394 e. The average Bonchev–Trinajstić information content (AvgIpc) is 2.41. The normalized spacial score (nSPS) is 12.8. The molecule has 1 heterocycles. The second-order valence-corrected chi connectivity index (χ2v) is 4.90. The van der Waals surface area contributed by atoms with E-state index in [-0.39, 0.29) is 18.2 Å². The molecule has 0 aliphatic rings. The second-order valence-electron chi connectivity index (χ2n) is 4.90. The maximum Gasteiger partial charge on any atom is 0.261 e. The van der Waals surface area contributed by atoms with Crippen LogP contribution in [0.1, 0.15) is 37.8 Å². The summed E-state index contributed by atoms with van der Waals surface area (Å²) in [6.45, 7) is 3.98. The summed E-state index contributed by atoms with van der Waals surface area (Å²) in [6.07, 6.45) is 4.39. The van der Waals surface area contributed by atoms with Gasteiger partial charge in [-0.15, -0.1) is 0 Å². The summed E-state index contributed by atoms with van der Waals surface area (Å²) in [4.78, 5) is 16.9. The Morgan fingerprint density at radius 3 is 2.89 bits per heavy atom. The highest BCUT2D eigenvalue weighted by molar-refractivity contribution is 5.80. The third kappa shape index (κ3) is 2.68. The van der Waals surface area contributed by atoms with Crippen LogP contribution >= 0.6 is 0 Å². The number of nitrogens with zero attached hydrogens (tertiary/aromatic N) is 2. The predicted molar refractivity (Wildman–Crippen MR) is 76.4 cm³/mol. The maximum atomic E-state index is 12.5. The lowest BCUT2D eigenvalue weighted by atomic mass is 10.1. The van der Waals surface area contributed by atoms with Crippen LogP contribution in [-0.4, -0.2) is 21.3 Å². The van der Waals surface area contributed by atoms with Crippen molar-refractivity contribution in [2.24, 2.45) is 0 Å². The molecule has 1 N–H and O–H groups in total. The summed E-state index contributed by atoms with van der Waals surface area (Å²) in [5, 5.41) is 10.1. The first kappa shape index (κ1) is 13.7. The fourth-order valence-corrected chi connectivity index (χ4v) is 2.36. The lowest BCUT2D eigenvalue weighted by Gasteiger charge is -2.17. The fraction of sp³-hybridized carbons (Fsp3) is 0.467. The van der Waals surface area contributed by atoms with Crippen molar-refractivity contribution in [3.8, 4) is 0 Å². The van der Waals surface area contributed by atoms with Gasteiger partial charge in [-0.05, 0) is 25.0 Å². The van der Waals surface area contributed by atoms with Gasteiger partial charge in [0, 0.05) is 0 Å². The SMILES string of the molecule is CCCC[C@H](CO)n1cnc2cccc(C)c2c1=O. The van der Waals surface area contributed by atoms with Crippen LogP contribution < -0.4 is 5.56 Å². The van der Waals surface area contributed by atoms with E-state index >= 15 is 0 Å². The van der Waals surface area contributed by atoms with Crippen molar-refractivity contribution >= 4 is 10.9 Å². The third-order valence-corrected chi connectivity index (χ3v) is 3.52. The minimum absolute atomic E-state index is 0.0288. The number of fused-ring (bicyclic) bond motifs is 1. The lowest BCUT2D eigenvalue weighted by molar-refractivity contribution is 0.215. The van der Waals surface area contributed by atoms with E-state index in [4.69, 9.17) is 0 Å². The van der Waals surface area contributed by atoms with Gasteiger partial charge >= 0.3 is 0 Å². The molecule has 102 valence electrons. The predicted octanol–water partition coefficient (Wildman–Crippen LogP) is 2.43. The van der Waals surface area contributed by atoms with Crippen LogP contribution in [-0.2, 0) is 0 Å². The first-order valence-electron chi connectivity index (χ1n) is 6.76. The molecule has 19 heavy (non-hydrogen) atoms. The minimum Gasteiger partial charge on any atom is -0.394 e. The van der Waals surface area contributed by atoms with Crippen LogP contribution in [0.15, 0.2) is 29.3 Å². The Morgan fingerprint density at radius 2 is 2.21 bits per heavy atom. The monoisotopic (exact) mass is 260 g/mol. The molecule has 2 rings (SSSR count). The topological polar surface area (TPSA) is 55.1 Å². The smallest absolute Gasteiger partial charge is 0.261 e. The van der Waals surface area contributed by atoms with Gasteiger partial charge < -0.3 is 5.11 Å². The summed E-state index contributed by atoms with van der Waals surface area (Å²) >= 11 is 0. The van der Waals surface area contributed by atoms with Crippen LogP contribution in [0.3, 0.4) is 0 Å². The summed E-state index contributed by atoms with van der Waals surface area (Å²) in [7, 11) is 0. The van der Waals surface area contributed by atoms with Gasteiger partial charge in [-0.25, -0.2) is 4.98 Å². The van der Waals surface area contributed by atoms with Crippen molar-refractivity contribution in [2.75, 3.05) is 6.61 Å². The lowest BCUT2D eigenvalue weighted by Crippen LogP contribution is -2.27. The Kier molecular flexibility index (Phi) is 4.32. The van der Waals surface area contributed by atoms with Crippen LogP contribution in [0.4, 0.5) is 0 Å². The van der Waals surface area contributed by atoms with E-state index in [1.807, 2.05) is 25.1 Å². The molecule has 0 radical (unpaired) electrons. The molecule has 1 aromatic carbocycles. The Bertz CT molecular complexity index is 619. The van der Waals surface area contributed by atoms with Crippen LogP contribution in [0.5, 0.6) is 0 Å². The van der Waals surface area contributed by atoms with Gasteiger partial charge in [0.2, 0.25) is 0 Å². The number of hydrogen-bond donors (Lipinski definition) is 1. The first-order valence-corrected chi connectivity index (χ1v) is 6.76. The van der Waals surface area contributed by atoms with Gasteiger partial charge in [-0.1, -0.05) is 31.9 Å². The molecule has 0 saturated carbocycles. The van der Waals surface area contributed by atoms with E-state index in [1.165, 1.54) is 0 Å². The van der Waals surface area contributed by atoms with Crippen molar-refractivity contribution in [2.45, 2.75) is 39.2 Å². The summed E-state index contributed by atoms with van der Waals surface area (Å²) in [5.74, 6) is 0. The standard InChI is InChI=1S/C15H20N2O2/c1-3-4-7-12(9-18)17-10-16-13-8-5-6-11(2)14(13)15(17)19/h5-6,8,10,12,18H,3-4,7,9H2,1-2H3/t12-/m1/s1. The number of aromatic nitrogens is 2. The van der Waals surface area contributed by atoms with Gasteiger partial charge in [0.05, 0.1) is 29.9 Å². The second kappa shape index (κ2) is 5.97. The minimum atomic E-state index is -0.177. The van der Waals surface area contributed by atoms with Crippen molar-refractivity contribution in [1.82, 2.24) is 9.55 Å². The number of hydrogen-bond acceptors (Lipinski definition) is 3. The van der Waals surface area contributed by atoms with E-state index in [0.717, 1.165) is 24.8 Å². The van der Waals surface area contributed by atoms with E-state index in [2.05, 4.69) is 11.9 Å². The summed E-state index contributed by atoms with van der Waals surface area (Å²) in [6, 6.07) is 5.47. The molecule has 0 fully saturated rings. The Balaban J connectivity index is 2.52. The molecule has 1 aromatic heterocycles. The summed E-state index contributed by atoms with van der Waals surface area (Å²) < 4.78 is 1.57. The zero-order valence-corrected chi connectivity index (χ0v) is 11.5. The number of benzene rings is 1. The van der Waals surface area contributed by atoms with E-state index in [1.54, 1.807) is 10.9 Å². The molecule has 0 spiro atoms. The number of unbranched alkanes of at least 4 members (excludes halogenated alkanes) is 1. The summed E-state index contributed by atoms with van der Waals surface area (Å²) in [5.41, 5.74) is 1.59. The quantitative estimate of drug-likeness (QED) is 0.898. The molecule has 0 unspecified atom stereocenters. The molecule has 0 amide bonds. The highest BCUT2D eigenvalue weighted by Gasteiger charge is 2.14. The van der Waals surface area contributed by atoms with Crippen LogP contribution in [0, 0.1) is 6.92 Å². The van der Waals surface area contributed by atoms with E-state index in [9.17, 15) is 9.90 Å². The van der Waals surface area contributed by atoms with Crippen molar-refractivity contribution < 1.29 is 5.11 Å². The number of aliphatic hydroxyl groups is 1. The molecule has 0 aliphatic carbocycles. The number of rotatable bonds is 5.